The van der Waals surface area contributed by atoms with Gasteiger partial charge < -0.3 is 9.13 Å². The molecular formula is C36H27N3. The SMILES string of the molecule is C=Cc1ccc2c(c1)c1cc(C)ccc1n2-c1cncc(-n2c3ccc(C=C)cc3c3cc(C=C)ccc32)c1. The highest BCUT2D eigenvalue weighted by Crippen LogP contribution is 2.36. The summed E-state index contributed by atoms with van der Waals surface area (Å²) >= 11 is 0. The highest BCUT2D eigenvalue weighted by atomic mass is 15.0. The van der Waals surface area contributed by atoms with Crippen LogP contribution in [-0.4, -0.2) is 14.1 Å². The Morgan fingerprint density at radius 2 is 0.897 bits per heavy atom. The standard InChI is InChI=1S/C36H27N3/c1-5-24-9-13-34-30(17-24)29-16-23(4)8-12-33(29)38(34)27-20-28(22-37-21-27)39-35-14-10-25(6-2)18-31(35)32-19-26(7-3)11-15-36(32)39/h5-22H,1-3H2,4H3. The molecule has 3 heterocycles. The Kier molecular flexibility index (Phi) is 5.14. The molecule has 7 aromatic rings. The molecule has 0 radical (unpaired) electrons. The third kappa shape index (κ3) is 3.48. The minimum atomic E-state index is 1.01. The second-order valence-corrected chi connectivity index (χ2v) is 10.0. The van der Waals surface area contributed by atoms with E-state index in [1.54, 1.807) is 0 Å². The highest BCUT2D eigenvalue weighted by molar-refractivity contribution is 6.11. The van der Waals surface area contributed by atoms with Crippen LogP contribution in [0.2, 0.25) is 0 Å². The minimum absolute atomic E-state index is 1.01. The molecule has 3 heteroatoms. The number of hydrogen-bond donors (Lipinski definition) is 0. The number of aryl methyl sites for hydroxylation is 1. The fraction of sp³-hybridized carbons (Fsp3) is 0.0278. The Bertz CT molecular complexity index is 2070. The number of pyridine rings is 1. The van der Waals surface area contributed by atoms with Gasteiger partial charge in [0.05, 0.1) is 45.8 Å². The zero-order chi connectivity index (χ0) is 26.7. The maximum Gasteiger partial charge on any atom is 0.0666 e. The summed E-state index contributed by atoms with van der Waals surface area (Å²) in [5.41, 5.74) is 11.1. The molecule has 39 heavy (non-hydrogen) atoms. The van der Waals surface area contributed by atoms with Crippen LogP contribution < -0.4 is 0 Å². The Labute approximate surface area is 227 Å². The number of benzene rings is 4. The molecule has 0 fully saturated rings. The summed E-state index contributed by atoms with van der Waals surface area (Å²) in [5, 5.41) is 4.80. The van der Waals surface area contributed by atoms with Crippen LogP contribution in [0.25, 0.3) is 73.2 Å². The molecule has 0 amide bonds. The van der Waals surface area contributed by atoms with Gasteiger partial charge in [-0.15, -0.1) is 0 Å². The van der Waals surface area contributed by atoms with Gasteiger partial charge in [-0.2, -0.15) is 0 Å². The number of aromatic nitrogens is 3. The van der Waals surface area contributed by atoms with Crippen molar-refractivity contribution in [2.45, 2.75) is 6.92 Å². The second kappa shape index (κ2) is 8.71. The maximum absolute atomic E-state index is 4.75. The van der Waals surface area contributed by atoms with E-state index in [0.29, 0.717) is 0 Å². The molecule has 186 valence electrons. The van der Waals surface area contributed by atoms with Gasteiger partial charge in [0.15, 0.2) is 0 Å². The van der Waals surface area contributed by atoms with Gasteiger partial charge >= 0.3 is 0 Å². The molecule has 0 bridgehead atoms. The lowest BCUT2D eigenvalue weighted by Crippen LogP contribution is -2.00. The summed E-state index contributed by atoms with van der Waals surface area (Å²) in [4.78, 5) is 4.75. The van der Waals surface area contributed by atoms with Crippen LogP contribution in [0.4, 0.5) is 0 Å². The lowest BCUT2D eigenvalue weighted by atomic mass is 10.1. The molecule has 0 N–H and O–H groups in total. The molecule has 0 saturated heterocycles. The lowest BCUT2D eigenvalue weighted by Gasteiger charge is -2.12. The molecule has 0 saturated carbocycles. The molecule has 0 aliphatic heterocycles. The number of rotatable bonds is 5. The van der Waals surface area contributed by atoms with Gasteiger partial charge in [-0.1, -0.05) is 67.8 Å². The smallest absolute Gasteiger partial charge is 0.0666 e. The Hall–Kier alpha value is -5.15. The molecule has 0 spiro atoms. The molecule has 7 rings (SSSR count). The Morgan fingerprint density at radius 3 is 1.31 bits per heavy atom. The van der Waals surface area contributed by atoms with E-state index in [-0.39, 0.29) is 0 Å². The predicted molar refractivity (Wildman–Crippen MR) is 168 cm³/mol. The summed E-state index contributed by atoms with van der Waals surface area (Å²) in [5.74, 6) is 0. The summed E-state index contributed by atoms with van der Waals surface area (Å²) in [6.07, 6.45) is 9.58. The van der Waals surface area contributed by atoms with Gasteiger partial charge in [0.1, 0.15) is 0 Å². The largest absolute Gasteiger partial charge is 0.308 e. The molecule has 0 atom stereocenters. The van der Waals surface area contributed by atoms with Gasteiger partial charge in [-0.25, -0.2) is 0 Å². The monoisotopic (exact) mass is 501 g/mol. The fourth-order valence-corrected chi connectivity index (χ4v) is 5.81. The van der Waals surface area contributed by atoms with Crippen molar-refractivity contribution in [1.82, 2.24) is 14.1 Å². The average Bonchev–Trinajstić information content (AvgIpc) is 3.48. The molecule has 3 aromatic heterocycles. The topological polar surface area (TPSA) is 22.8 Å². The van der Waals surface area contributed by atoms with Crippen molar-refractivity contribution in [2.24, 2.45) is 0 Å². The van der Waals surface area contributed by atoms with E-state index in [4.69, 9.17) is 4.98 Å². The van der Waals surface area contributed by atoms with E-state index in [9.17, 15) is 0 Å². The van der Waals surface area contributed by atoms with Crippen LogP contribution in [-0.2, 0) is 0 Å². The van der Waals surface area contributed by atoms with Crippen molar-refractivity contribution in [3.05, 3.63) is 133 Å². The highest BCUT2D eigenvalue weighted by Gasteiger charge is 2.17. The summed E-state index contributed by atoms with van der Waals surface area (Å²) in [6.45, 7) is 14.1. The van der Waals surface area contributed by atoms with Crippen molar-refractivity contribution in [3.8, 4) is 11.4 Å². The molecule has 0 aliphatic rings. The van der Waals surface area contributed by atoms with Crippen LogP contribution in [0.3, 0.4) is 0 Å². The minimum Gasteiger partial charge on any atom is -0.308 e. The third-order valence-electron chi connectivity index (χ3n) is 7.69. The third-order valence-corrected chi connectivity index (χ3v) is 7.69. The first-order chi connectivity index (χ1) is 19.1. The molecule has 3 nitrogen and oxygen atoms in total. The second-order valence-electron chi connectivity index (χ2n) is 10.0. The summed E-state index contributed by atoms with van der Waals surface area (Å²) in [6, 6.07) is 28.4. The first-order valence-electron chi connectivity index (χ1n) is 13.1. The summed E-state index contributed by atoms with van der Waals surface area (Å²) in [7, 11) is 0. The quantitative estimate of drug-likeness (QED) is 0.230. The van der Waals surface area contributed by atoms with Gasteiger partial charge in [0.2, 0.25) is 0 Å². The van der Waals surface area contributed by atoms with Gasteiger partial charge in [-0.05, 0) is 78.2 Å². The first-order valence-corrected chi connectivity index (χ1v) is 13.1. The fourth-order valence-electron chi connectivity index (χ4n) is 5.81. The predicted octanol–water partition coefficient (Wildman–Crippen LogP) is 9.51. The van der Waals surface area contributed by atoms with E-state index in [1.165, 1.54) is 27.1 Å². The normalized spacial score (nSPS) is 11.5. The number of hydrogen-bond acceptors (Lipinski definition) is 1. The van der Waals surface area contributed by atoms with Crippen molar-refractivity contribution in [1.29, 1.82) is 0 Å². The van der Waals surface area contributed by atoms with Gasteiger partial charge in [0.25, 0.3) is 0 Å². The van der Waals surface area contributed by atoms with Crippen molar-refractivity contribution in [2.75, 3.05) is 0 Å². The van der Waals surface area contributed by atoms with E-state index in [0.717, 1.165) is 50.1 Å². The van der Waals surface area contributed by atoms with Crippen LogP contribution >= 0.6 is 0 Å². The van der Waals surface area contributed by atoms with Crippen molar-refractivity contribution in [3.63, 3.8) is 0 Å². The van der Waals surface area contributed by atoms with Crippen LogP contribution in [0.15, 0.2) is 111 Å². The van der Waals surface area contributed by atoms with E-state index >= 15 is 0 Å². The number of fused-ring (bicyclic) bond motifs is 6. The first kappa shape index (κ1) is 23.0. The van der Waals surface area contributed by atoms with Crippen molar-refractivity contribution >= 4 is 61.8 Å². The lowest BCUT2D eigenvalue weighted by molar-refractivity contribution is 1.09. The zero-order valence-corrected chi connectivity index (χ0v) is 21.9. The Balaban J connectivity index is 1.53. The van der Waals surface area contributed by atoms with Crippen LogP contribution in [0, 0.1) is 6.92 Å². The van der Waals surface area contributed by atoms with E-state index in [2.05, 4.69) is 115 Å². The molecule has 0 unspecified atom stereocenters. The van der Waals surface area contributed by atoms with Crippen LogP contribution in [0.5, 0.6) is 0 Å². The summed E-state index contributed by atoms with van der Waals surface area (Å²) < 4.78 is 4.61. The van der Waals surface area contributed by atoms with Gasteiger partial charge in [0, 0.05) is 21.5 Å². The van der Waals surface area contributed by atoms with Crippen molar-refractivity contribution < 1.29 is 0 Å². The van der Waals surface area contributed by atoms with Crippen LogP contribution in [0.1, 0.15) is 22.3 Å². The number of nitrogens with zero attached hydrogens (tertiary/aromatic N) is 3. The zero-order valence-electron chi connectivity index (χ0n) is 21.9. The van der Waals surface area contributed by atoms with E-state index in [1.807, 2.05) is 30.6 Å². The molecule has 4 aromatic carbocycles. The molecular weight excluding hydrogens is 474 g/mol. The molecule has 0 aliphatic carbocycles. The average molecular weight is 502 g/mol. The van der Waals surface area contributed by atoms with Gasteiger partial charge in [-0.3, -0.25) is 4.98 Å². The Morgan fingerprint density at radius 1 is 0.513 bits per heavy atom. The maximum atomic E-state index is 4.75. The van der Waals surface area contributed by atoms with E-state index < -0.39 is 0 Å².